The topological polar surface area (TPSA) is 57.0 Å². The van der Waals surface area contributed by atoms with Crippen molar-refractivity contribution in [3.63, 3.8) is 0 Å². The highest BCUT2D eigenvalue weighted by atomic mass is 16.5. The number of carbonyl (C=O) groups excluding carboxylic acids is 1. The molecule has 0 amide bonds. The van der Waals surface area contributed by atoms with Gasteiger partial charge in [0.25, 0.3) is 0 Å². The Hall–Kier alpha value is -2.69. The van der Waals surface area contributed by atoms with Gasteiger partial charge in [0, 0.05) is 25.0 Å². The Bertz CT molecular complexity index is 731. The molecule has 3 rings (SSSR count). The zero-order valence-corrected chi connectivity index (χ0v) is 11.2. The average molecular weight is 267 g/mol. The SMILES string of the molecule is COC(=O)c1ccc(-c2nc3ccn(C)cc-3n2)cc1. The molecule has 0 radical (unpaired) electrons. The predicted molar refractivity (Wildman–Crippen MR) is 74.4 cm³/mol. The van der Waals surface area contributed by atoms with Gasteiger partial charge in [0.15, 0.2) is 5.82 Å². The normalized spacial score (nSPS) is 10.7. The summed E-state index contributed by atoms with van der Waals surface area (Å²) in [6, 6.07) is 8.99. The number of esters is 1. The molecule has 1 aromatic rings. The van der Waals surface area contributed by atoms with Gasteiger partial charge in [-0.15, -0.1) is 0 Å². The minimum absolute atomic E-state index is 0.350. The Morgan fingerprint density at radius 3 is 2.50 bits per heavy atom. The molecule has 0 aromatic heterocycles. The molecule has 1 aromatic carbocycles. The third-order valence-electron chi connectivity index (χ3n) is 3.07. The Kier molecular flexibility index (Phi) is 2.95. The minimum Gasteiger partial charge on any atom is -0.465 e. The third-order valence-corrected chi connectivity index (χ3v) is 3.07. The summed E-state index contributed by atoms with van der Waals surface area (Å²) in [5.41, 5.74) is 3.09. The van der Waals surface area contributed by atoms with Crippen molar-refractivity contribution in [3.05, 3.63) is 48.3 Å². The van der Waals surface area contributed by atoms with Crippen LogP contribution in [0.2, 0.25) is 0 Å². The molecule has 0 aliphatic carbocycles. The number of imidazole rings is 1. The van der Waals surface area contributed by atoms with Crippen molar-refractivity contribution < 1.29 is 9.53 Å². The molecule has 0 saturated heterocycles. The van der Waals surface area contributed by atoms with Crippen LogP contribution in [-0.2, 0) is 11.8 Å². The fourth-order valence-corrected chi connectivity index (χ4v) is 2.01. The van der Waals surface area contributed by atoms with Gasteiger partial charge in [-0.1, -0.05) is 12.1 Å². The second-order valence-corrected chi connectivity index (χ2v) is 4.50. The molecule has 0 spiro atoms. The van der Waals surface area contributed by atoms with E-state index in [0.29, 0.717) is 11.4 Å². The van der Waals surface area contributed by atoms with Crippen molar-refractivity contribution in [2.24, 2.45) is 7.05 Å². The summed E-state index contributed by atoms with van der Waals surface area (Å²) in [6.07, 6.45) is 3.86. The van der Waals surface area contributed by atoms with Gasteiger partial charge in [-0.05, 0) is 18.2 Å². The molecule has 0 bridgehead atoms. The maximum Gasteiger partial charge on any atom is 0.337 e. The highest BCUT2D eigenvalue weighted by molar-refractivity contribution is 5.89. The van der Waals surface area contributed by atoms with E-state index in [-0.39, 0.29) is 5.97 Å². The second kappa shape index (κ2) is 4.77. The van der Waals surface area contributed by atoms with E-state index in [1.54, 1.807) is 12.1 Å². The van der Waals surface area contributed by atoms with Crippen molar-refractivity contribution in [3.8, 4) is 22.8 Å². The highest BCUT2D eigenvalue weighted by Crippen LogP contribution is 2.24. The molecule has 5 nitrogen and oxygen atoms in total. The maximum atomic E-state index is 11.4. The van der Waals surface area contributed by atoms with Crippen molar-refractivity contribution in [1.29, 1.82) is 0 Å². The summed E-state index contributed by atoms with van der Waals surface area (Å²) in [5, 5.41) is 0. The van der Waals surface area contributed by atoms with Gasteiger partial charge in [0.2, 0.25) is 0 Å². The molecule has 0 fully saturated rings. The van der Waals surface area contributed by atoms with Crippen molar-refractivity contribution >= 4 is 5.97 Å². The van der Waals surface area contributed by atoms with Crippen LogP contribution in [-0.4, -0.2) is 27.6 Å². The van der Waals surface area contributed by atoms with Gasteiger partial charge in [-0.3, -0.25) is 0 Å². The summed E-state index contributed by atoms with van der Waals surface area (Å²) in [6.45, 7) is 0. The van der Waals surface area contributed by atoms with Crippen LogP contribution in [0, 0.1) is 0 Å². The zero-order valence-electron chi connectivity index (χ0n) is 11.2. The lowest BCUT2D eigenvalue weighted by Gasteiger charge is -1.99. The lowest BCUT2D eigenvalue weighted by molar-refractivity contribution is 0.0601. The molecule has 2 aliphatic rings. The Balaban J connectivity index is 1.99. The van der Waals surface area contributed by atoms with E-state index in [4.69, 9.17) is 0 Å². The number of hydrogen-bond donors (Lipinski definition) is 0. The van der Waals surface area contributed by atoms with Gasteiger partial charge in [-0.2, -0.15) is 0 Å². The molecule has 20 heavy (non-hydrogen) atoms. The second-order valence-electron chi connectivity index (χ2n) is 4.50. The fourth-order valence-electron chi connectivity index (χ4n) is 2.01. The first-order chi connectivity index (χ1) is 9.67. The number of pyridine rings is 1. The summed E-state index contributed by atoms with van der Waals surface area (Å²) in [7, 11) is 3.31. The molecule has 0 saturated carbocycles. The number of nitrogens with zero attached hydrogens (tertiary/aromatic N) is 3. The van der Waals surface area contributed by atoms with E-state index >= 15 is 0 Å². The number of ether oxygens (including phenoxy) is 1. The van der Waals surface area contributed by atoms with Crippen LogP contribution in [0.4, 0.5) is 0 Å². The molecule has 0 N–H and O–H groups in total. The largest absolute Gasteiger partial charge is 0.465 e. The standard InChI is InChI=1S/C15H13N3O2/c1-18-8-7-12-13(9-18)17-14(16-12)10-3-5-11(6-4-10)15(19)20-2/h3-9H,1-2H3. The van der Waals surface area contributed by atoms with Gasteiger partial charge < -0.3 is 9.30 Å². The zero-order chi connectivity index (χ0) is 14.1. The molecule has 2 heterocycles. The lowest BCUT2D eigenvalue weighted by Crippen LogP contribution is -2.00. The number of aromatic nitrogens is 3. The molecule has 0 unspecified atom stereocenters. The fraction of sp³-hybridized carbons (Fsp3) is 0.133. The predicted octanol–water partition coefficient (Wildman–Crippen LogP) is 2.37. The summed E-state index contributed by atoms with van der Waals surface area (Å²) < 4.78 is 6.60. The highest BCUT2D eigenvalue weighted by Gasteiger charge is 2.12. The molecule has 100 valence electrons. The van der Waals surface area contributed by atoms with Crippen LogP contribution in [0.3, 0.4) is 0 Å². The van der Waals surface area contributed by atoms with Crippen LogP contribution in [0.5, 0.6) is 0 Å². The number of benzene rings is 1. The van der Waals surface area contributed by atoms with Crippen LogP contribution in [0.15, 0.2) is 42.7 Å². The molecular formula is C15H13N3O2. The Morgan fingerprint density at radius 2 is 1.80 bits per heavy atom. The van der Waals surface area contributed by atoms with Gasteiger partial charge in [0.05, 0.1) is 18.4 Å². The number of carbonyl (C=O) groups is 1. The Morgan fingerprint density at radius 1 is 1.10 bits per heavy atom. The van der Waals surface area contributed by atoms with Crippen molar-refractivity contribution in [2.45, 2.75) is 0 Å². The average Bonchev–Trinajstić information content (AvgIpc) is 2.89. The van der Waals surface area contributed by atoms with Crippen LogP contribution >= 0.6 is 0 Å². The number of rotatable bonds is 2. The van der Waals surface area contributed by atoms with E-state index in [1.165, 1.54) is 7.11 Å². The van der Waals surface area contributed by atoms with Crippen LogP contribution < -0.4 is 0 Å². The van der Waals surface area contributed by atoms with E-state index in [1.807, 2.05) is 42.2 Å². The lowest BCUT2D eigenvalue weighted by atomic mass is 10.1. The summed E-state index contributed by atoms with van der Waals surface area (Å²) in [4.78, 5) is 20.4. The third kappa shape index (κ3) is 2.14. The quantitative estimate of drug-likeness (QED) is 0.669. The minimum atomic E-state index is -0.350. The van der Waals surface area contributed by atoms with Crippen molar-refractivity contribution in [2.75, 3.05) is 7.11 Å². The van der Waals surface area contributed by atoms with Gasteiger partial charge in [-0.25, -0.2) is 14.8 Å². The first-order valence-corrected chi connectivity index (χ1v) is 6.16. The van der Waals surface area contributed by atoms with Gasteiger partial charge >= 0.3 is 5.97 Å². The molecule has 5 heteroatoms. The molecule has 2 aliphatic heterocycles. The molecular weight excluding hydrogens is 254 g/mol. The van der Waals surface area contributed by atoms with Crippen LogP contribution in [0.25, 0.3) is 22.8 Å². The Labute approximate surface area is 116 Å². The first-order valence-electron chi connectivity index (χ1n) is 6.16. The number of methoxy groups -OCH3 is 1. The smallest absolute Gasteiger partial charge is 0.337 e. The summed E-state index contributed by atoms with van der Waals surface area (Å²) in [5.74, 6) is 0.305. The number of aryl methyl sites for hydroxylation is 1. The van der Waals surface area contributed by atoms with E-state index in [2.05, 4.69) is 14.7 Å². The number of fused-ring (bicyclic) bond motifs is 1. The van der Waals surface area contributed by atoms with Crippen LogP contribution in [0.1, 0.15) is 10.4 Å². The maximum absolute atomic E-state index is 11.4. The number of hydrogen-bond acceptors (Lipinski definition) is 4. The molecule has 0 atom stereocenters. The monoisotopic (exact) mass is 267 g/mol. The first kappa shape index (κ1) is 12.3. The van der Waals surface area contributed by atoms with Crippen molar-refractivity contribution in [1.82, 2.24) is 14.5 Å². The van der Waals surface area contributed by atoms with E-state index in [9.17, 15) is 4.79 Å². The summed E-state index contributed by atoms with van der Waals surface area (Å²) >= 11 is 0. The van der Waals surface area contributed by atoms with E-state index in [0.717, 1.165) is 17.0 Å². The van der Waals surface area contributed by atoms with E-state index < -0.39 is 0 Å². The van der Waals surface area contributed by atoms with Gasteiger partial charge in [0.1, 0.15) is 5.69 Å².